The Kier molecular flexibility index (Phi) is 6.02. The van der Waals surface area contributed by atoms with Crippen LogP contribution in [0.1, 0.15) is 22.3 Å². The Labute approximate surface area is 186 Å². The van der Waals surface area contributed by atoms with Crippen molar-refractivity contribution in [2.45, 2.75) is 20.5 Å². The first-order valence-electron chi connectivity index (χ1n) is 9.63. The van der Waals surface area contributed by atoms with Gasteiger partial charge in [0.2, 0.25) is 0 Å². The van der Waals surface area contributed by atoms with Crippen LogP contribution in [0.4, 0.5) is 5.69 Å². The number of nitrogens with zero attached hydrogens (tertiary/aromatic N) is 1. The fourth-order valence-corrected chi connectivity index (χ4v) is 4.47. The Morgan fingerprint density at radius 3 is 2.53 bits per heavy atom. The molecule has 5 heteroatoms. The summed E-state index contributed by atoms with van der Waals surface area (Å²) in [7, 11) is 0. The van der Waals surface area contributed by atoms with Crippen LogP contribution in [0.5, 0.6) is 5.75 Å². The molecule has 0 radical (unpaired) electrons. The molecule has 4 rings (SSSR count). The minimum Gasteiger partial charge on any atom is -0.489 e. The minimum atomic E-state index is -0.0923. The lowest BCUT2D eigenvalue weighted by Gasteiger charge is -2.16. The molecule has 0 aliphatic carbocycles. The number of hydrogen-bond acceptors (Lipinski definition) is 4. The Morgan fingerprint density at radius 1 is 1.00 bits per heavy atom. The van der Waals surface area contributed by atoms with Crippen LogP contribution in [-0.2, 0) is 11.4 Å². The molecule has 3 aromatic rings. The van der Waals surface area contributed by atoms with Crippen molar-refractivity contribution in [1.29, 1.82) is 0 Å². The van der Waals surface area contributed by atoms with Crippen LogP contribution in [0.3, 0.4) is 0 Å². The minimum absolute atomic E-state index is 0.0923. The van der Waals surface area contributed by atoms with Crippen LogP contribution in [0, 0.1) is 13.8 Å². The zero-order valence-corrected chi connectivity index (χ0v) is 18.4. The van der Waals surface area contributed by atoms with E-state index in [2.05, 4.69) is 31.2 Å². The molecule has 0 atom stereocenters. The first-order chi connectivity index (χ1) is 14.5. The van der Waals surface area contributed by atoms with Gasteiger partial charge in [0.15, 0.2) is 4.32 Å². The highest BCUT2D eigenvalue weighted by Gasteiger charge is 2.33. The highest BCUT2D eigenvalue weighted by molar-refractivity contribution is 8.27. The van der Waals surface area contributed by atoms with Crippen molar-refractivity contribution >= 4 is 46.0 Å². The number of amides is 1. The van der Waals surface area contributed by atoms with Crippen molar-refractivity contribution in [1.82, 2.24) is 0 Å². The fraction of sp³-hybridized carbons (Fsp3) is 0.120. The summed E-state index contributed by atoms with van der Waals surface area (Å²) in [5.41, 5.74) is 5.09. The summed E-state index contributed by atoms with van der Waals surface area (Å²) in [6.07, 6.45) is 1.87. The molecule has 1 saturated heterocycles. The summed E-state index contributed by atoms with van der Waals surface area (Å²) >= 11 is 6.81. The van der Waals surface area contributed by atoms with E-state index in [9.17, 15) is 4.79 Å². The zero-order chi connectivity index (χ0) is 21.1. The predicted octanol–water partition coefficient (Wildman–Crippen LogP) is 6.29. The maximum atomic E-state index is 13.0. The van der Waals surface area contributed by atoms with Crippen molar-refractivity contribution in [3.8, 4) is 5.75 Å². The fourth-order valence-electron chi connectivity index (χ4n) is 3.19. The molecule has 0 spiro atoms. The van der Waals surface area contributed by atoms with E-state index in [0.717, 1.165) is 28.1 Å². The SMILES string of the molecule is Cc1ccc(COc2cccc(/C=C3\SC(=S)N(c4ccccc4C)C3=O)c2)cc1. The van der Waals surface area contributed by atoms with E-state index in [1.165, 1.54) is 17.3 Å². The number of benzene rings is 3. The van der Waals surface area contributed by atoms with E-state index >= 15 is 0 Å². The molecule has 0 saturated carbocycles. The lowest BCUT2D eigenvalue weighted by atomic mass is 10.1. The molecule has 1 amide bonds. The van der Waals surface area contributed by atoms with Gasteiger partial charge in [-0.05, 0) is 54.8 Å². The number of hydrogen-bond donors (Lipinski definition) is 0. The largest absolute Gasteiger partial charge is 0.489 e. The molecular weight excluding hydrogens is 410 g/mol. The predicted molar refractivity (Wildman–Crippen MR) is 129 cm³/mol. The van der Waals surface area contributed by atoms with Gasteiger partial charge in [-0.1, -0.05) is 84.1 Å². The van der Waals surface area contributed by atoms with Crippen LogP contribution in [-0.4, -0.2) is 10.2 Å². The molecule has 1 aliphatic rings. The second-order valence-electron chi connectivity index (χ2n) is 7.15. The maximum absolute atomic E-state index is 13.0. The molecule has 3 nitrogen and oxygen atoms in total. The van der Waals surface area contributed by atoms with Crippen LogP contribution in [0.25, 0.3) is 6.08 Å². The van der Waals surface area contributed by atoms with Crippen LogP contribution >= 0.6 is 24.0 Å². The van der Waals surface area contributed by atoms with Crippen molar-refractivity contribution in [2.24, 2.45) is 0 Å². The summed E-state index contributed by atoms with van der Waals surface area (Å²) in [5.74, 6) is 0.670. The van der Waals surface area contributed by atoms with Crippen LogP contribution < -0.4 is 9.64 Å². The van der Waals surface area contributed by atoms with E-state index < -0.39 is 0 Å². The second kappa shape index (κ2) is 8.86. The smallest absolute Gasteiger partial charge is 0.270 e. The highest BCUT2D eigenvalue weighted by atomic mass is 32.2. The van der Waals surface area contributed by atoms with E-state index in [4.69, 9.17) is 17.0 Å². The van der Waals surface area contributed by atoms with Gasteiger partial charge in [0.25, 0.3) is 5.91 Å². The second-order valence-corrected chi connectivity index (χ2v) is 8.83. The average molecular weight is 432 g/mol. The molecule has 1 aliphatic heterocycles. The lowest BCUT2D eigenvalue weighted by Crippen LogP contribution is -2.28. The van der Waals surface area contributed by atoms with Crippen molar-refractivity contribution in [3.63, 3.8) is 0 Å². The van der Waals surface area contributed by atoms with Gasteiger partial charge in [0.05, 0.1) is 10.6 Å². The van der Waals surface area contributed by atoms with Crippen molar-refractivity contribution in [3.05, 3.63) is 100.0 Å². The van der Waals surface area contributed by atoms with Gasteiger partial charge >= 0.3 is 0 Å². The van der Waals surface area contributed by atoms with Crippen LogP contribution in [0.2, 0.25) is 0 Å². The summed E-state index contributed by atoms with van der Waals surface area (Å²) in [4.78, 5) is 15.2. The average Bonchev–Trinajstić information content (AvgIpc) is 3.01. The Bertz CT molecular complexity index is 1140. The molecule has 3 aromatic carbocycles. The Balaban J connectivity index is 1.51. The first kappa shape index (κ1) is 20.4. The van der Waals surface area contributed by atoms with E-state index in [-0.39, 0.29) is 5.91 Å². The molecule has 0 bridgehead atoms. The Morgan fingerprint density at radius 2 is 1.77 bits per heavy atom. The van der Waals surface area contributed by atoms with Gasteiger partial charge < -0.3 is 4.74 Å². The molecule has 1 fully saturated rings. The van der Waals surface area contributed by atoms with Crippen molar-refractivity contribution in [2.75, 3.05) is 4.90 Å². The van der Waals surface area contributed by atoms with E-state index in [1.807, 2.05) is 61.5 Å². The highest BCUT2D eigenvalue weighted by Crippen LogP contribution is 2.37. The van der Waals surface area contributed by atoms with Crippen LogP contribution in [0.15, 0.2) is 77.7 Å². The van der Waals surface area contributed by atoms with Crippen molar-refractivity contribution < 1.29 is 9.53 Å². The molecular formula is C25H21NO2S2. The number of thioether (sulfide) groups is 1. The van der Waals surface area contributed by atoms with E-state index in [1.54, 1.807) is 4.90 Å². The monoisotopic (exact) mass is 431 g/mol. The number of anilines is 1. The van der Waals surface area contributed by atoms with Gasteiger partial charge in [0.1, 0.15) is 12.4 Å². The molecule has 0 aromatic heterocycles. The van der Waals surface area contributed by atoms with Gasteiger partial charge in [-0.15, -0.1) is 0 Å². The first-order valence-corrected chi connectivity index (χ1v) is 10.9. The molecule has 30 heavy (non-hydrogen) atoms. The number of carbonyl (C=O) groups is 1. The zero-order valence-electron chi connectivity index (χ0n) is 16.8. The van der Waals surface area contributed by atoms with E-state index in [0.29, 0.717) is 15.8 Å². The number of rotatable bonds is 5. The summed E-state index contributed by atoms with van der Waals surface area (Å²) in [6, 6.07) is 23.8. The Hall–Kier alpha value is -2.89. The maximum Gasteiger partial charge on any atom is 0.270 e. The molecule has 0 N–H and O–H groups in total. The number of ether oxygens (including phenoxy) is 1. The third-order valence-electron chi connectivity index (χ3n) is 4.83. The third-order valence-corrected chi connectivity index (χ3v) is 6.13. The number of para-hydroxylation sites is 1. The summed E-state index contributed by atoms with van der Waals surface area (Å²) in [5, 5.41) is 0. The van der Waals surface area contributed by atoms with Gasteiger partial charge in [-0.2, -0.15) is 0 Å². The van der Waals surface area contributed by atoms with Gasteiger partial charge in [-0.3, -0.25) is 9.69 Å². The lowest BCUT2D eigenvalue weighted by molar-refractivity contribution is -0.113. The standard InChI is InChI=1S/C25H21NO2S2/c1-17-10-12-19(13-11-17)16-28-21-8-5-7-20(14-21)15-23-24(27)26(25(29)30-23)22-9-4-3-6-18(22)2/h3-15H,16H2,1-2H3/b23-15-. The summed E-state index contributed by atoms with van der Waals surface area (Å²) in [6.45, 7) is 4.54. The van der Waals surface area contributed by atoms with Gasteiger partial charge in [0, 0.05) is 0 Å². The molecule has 150 valence electrons. The number of thiocarbonyl (C=S) groups is 1. The third kappa shape index (κ3) is 4.48. The molecule has 0 unspecified atom stereocenters. The normalized spacial score (nSPS) is 15.1. The molecule has 1 heterocycles. The quantitative estimate of drug-likeness (QED) is 0.351. The topological polar surface area (TPSA) is 29.5 Å². The number of aryl methyl sites for hydroxylation is 2. The number of carbonyl (C=O) groups excluding carboxylic acids is 1. The summed E-state index contributed by atoms with van der Waals surface area (Å²) < 4.78 is 6.48. The van der Waals surface area contributed by atoms with Gasteiger partial charge in [-0.25, -0.2) is 0 Å².